The summed E-state index contributed by atoms with van der Waals surface area (Å²) >= 11 is 0. The van der Waals surface area contributed by atoms with E-state index in [1.165, 1.54) is 16.4 Å². The number of rotatable bonds is 7. The van der Waals surface area contributed by atoms with Crippen LogP contribution in [0.5, 0.6) is 5.75 Å². The number of anilines is 2. The second-order valence-electron chi connectivity index (χ2n) is 6.52. The van der Waals surface area contributed by atoms with Crippen molar-refractivity contribution in [1.82, 2.24) is 0 Å². The van der Waals surface area contributed by atoms with Crippen molar-refractivity contribution in [3.8, 4) is 5.75 Å². The first-order valence-electron chi connectivity index (χ1n) is 8.49. The van der Waals surface area contributed by atoms with Gasteiger partial charge in [-0.3, -0.25) is 9.10 Å². The van der Waals surface area contributed by atoms with Crippen LogP contribution in [0.3, 0.4) is 0 Å². The molecule has 0 atom stereocenters. The Morgan fingerprint density at radius 3 is 2.44 bits per heavy atom. The number of carbonyl (C=O) groups is 1. The zero-order valence-electron chi connectivity index (χ0n) is 15.1. The third kappa shape index (κ3) is 4.77. The summed E-state index contributed by atoms with van der Waals surface area (Å²) in [6.07, 6.45) is 2.66. The van der Waals surface area contributed by atoms with Crippen LogP contribution < -0.4 is 14.4 Å². The van der Waals surface area contributed by atoms with E-state index >= 15 is 0 Å². The maximum absolute atomic E-state index is 13.8. The van der Waals surface area contributed by atoms with Crippen LogP contribution in [-0.4, -0.2) is 33.7 Å². The van der Waals surface area contributed by atoms with E-state index < -0.39 is 15.8 Å². The Morgan fingerprint density at radius 2 is 1.89 bits per heavy atom. The van der Waals surface area contributed by atoms with Crippen molar-refractivity contribution in [2.45, 2.75) is 25.3 Å². The molecule has 2 aromatic rings. The molecule has 0 saturated heterocycles. The first-order chi connectivity index (χ1) is 12.8. The summed E-state index contributed by atoms with van der Waals surface area (Å²) in [6.45, 7) is 0. The lowest BCUT2D eigenvalue weighted by molar-refractivity contribution is -0.115. The van der Waals surface area contributed by atoms with Crippen molar-refractivity contribution in [3.05, 3.63) is 53.8 Å². The predicted molar refractivity (Wildman–Crippen MR) is 102 cm³/mol. The number of carbonyl (C=O) groups excluding carboxylic acids is 1. The van der Waals surface area contributed by atoms with Crippen molar-refractivity contribution in [3.63, 3.8) is 0 Å². The minimum absolute atomic E-state index is 0.0717. The van der Waals surface area contributed by atoms with Gasteiger partial charge in [0.15, 0.2) is 0 Å². The maximum atomic E-state index is 13.8. The summed E-state index contributed by atoms with van der Waals surface area (Å²) in [6, 6.07) is 10.6. The molecule has 6 nitrogen and oxygen atoms in total. The number of amides is 1. The van der Waals surface area contributed by atoms with Gasteiger partial charge in [-0.1, -0.05) is 12.1 Å². The number of ether oxygens (including phenoxy) is 1. The monoisotopic (exact) mass is 392 g/mol. The summed E-state index contributed by atoms with van der Waals surface area (Å²) in [5.41, 5.74) is 1.18. The number of benzene rings is 2. The number of methoxy groups -OCH3 is 1. The minimum Gasteiger partial charge on any atom is -0.497 e. The van der Waals surface area contributed by atoms with Gasteiger partial charge in [0.1, 0.15) is 11.6 Å². The van der Waals surface area contributed by atoms with Gasteiger partial charge >= 0.3 is 0 Å². The molecule has 27 heavy (non-hydrogen) atoms. The van der Waals surface area contributed by atoms with Gasteiger partial charge in [-0.25, -0.2) is 12.8 Å². The average molecular weight is 392 g/mol. The normalized spacial score (nSPS) is 13.9. The van der Waals surface area contributed by atoms with Crippen molar-refractivity contribution in [2.24, 2.45) is 0 Å². The van der Waals surface area contributed by atoms with Crippen LogP contribution in [0.15, 0.2) is 42.5 Å². The fraction of sp³-hybridized carbons (Fsp3) is 0.316. The van der Waals surface area contributed by atoms with E-state index in [2.05, 4.69) is 5.32 Å². The number of sulfonamides is 1. The van der Waals surface area contributed by atoms with E-state index in [0.29, 0.717) is 5.75 Å². The van der Waals surface area contributed by atoms with Gasteiger partial charge < -0.3 is 10.1 Å². The molecule has 0 radical (unpaired) electrons. The molecule has 0 unspecified atom stereocenters. The van der Waals surface area contributed by atoms with Gasteiger partial charge in [0.05, 0.1) is 31.2 Å². The molecule has 8 heteroatoms. The third-order valence-electron chi connectivity index (χ3n) is 4.23. The van der Waals surface area contributed by atoms with E-state index in [1.807, 2.05) is 0 Å². The fourth-order valence-corrected chi connectivity index (χ4v) is 4.15. The first-order valence-corrected chi connectivity index (χ1v) is 10.3. The molecule has 0 heterocycles. The van der Waals surface area contributed by atoms with Gasteiger partial charge in [0.25, 0.3) is 0 Å². The molecule has 0 aromatic heterocycles. The quantitative estimate of drug-likeness (QED) is 0.786. The van der Waals surface area contributed by atoms with Crippen LogP contribution in [0.1, 0.15) is 18.4 Å². The molecule has 1 amide bonds. The molecule has 0 spiro atoms. The molecule has 1 fully saturated rings. The van der Waals surface area contributed by atoms with Gasteiger partial charge in [-0.05, 0) is 48.7 Å². The van der Waals surface area contributed by atoms with Crippen LogP contribution in [0, 0.1) is 5.82 Å². The third-order valence-corrected chi connectivity index (χ3v) is 5.44. The fourth-order valence-electron chi connectivity index (χ4n) is 2.88. The van der Waals surface area contributed by atoms with Crippen LogP contribution in [-0.2, 0) is 21.2 Å². The standard InChI is InChI=1S/C19H21FN2O4S/c1-26-16-8-3-13(4-9-16)11-19(23)21-17-12-14(20)5-10-18(17)22(15-6-7-15)27(2,24)25/h3-5,8-10,12,15H,6-7,11H2,1-2H3,(H,21,23). The van der Waals surface area contributed by atoms with E-state index in [9.17, 15) is 17.6 Å². The SMILES string of the molecule is COc1ccc(CC(=O)Nc2cc(F)ccc2N(C2CC2)S(C)(=O)=O)cc1. The highest BCUT2D eigenvalue weighted by Crippen LogP contribution is 2.38. The Morgan fingerprint density at radius 1 is 1.22 bits per heavy atom. The van der Waals surface area contributed by atoms with Crippen LogP contribution >= 0.6 is 0 Å². The Bertz CT molecular complexity index is 941. The number of hydrogen-bond donors (Lipinski definition) is 1. The average Bonchev–Trinajstić information content (AvgIpc) is 3.41. The summed E-state index contributed by atoms with van der Waals surface area (Å²) in [4.78, 5) is 12.4. The highest BCUT2D eigenvalue weighted by Gasteiger charge is 2.36. The molecule has 1 aliphatic rings. The van der Waals surface area contributed by atoms with Gasteiger partial charge in [0, 0.05) is 6.04 Å². The summed E-state index contributed by atoms with van der Waals surface area (Å²) in [5.74, 6) is -0.237. The Labute approximate surface area is 158 Å². The van der Waals surface area contributed by atoms with E-state index in [1.54, 1.807) is 31.4 Å². The zero-order valence-corrected chi connectivity index (χ0v) is 15.9. The highest BCUT2D eigenvalue weighted by atomic mass is 32.2. The molecule has 2 aromatic carbocycles. The largest absolute Gasteiger partial charge is 0.497 e. The minimum atomic E-state index is -3.55. The summed E-state index contributed by atoms with van der Waals surface area (Å²) in [5, 5.41) is 2.65. The number of nitrogens with one attached hydrogen (secondary N) is 1. The lowest BCUT2D eigenvalue weighted by Gasteiger charge is -2.25. The van der Waals surface area contributed by atoms with Crippen LogP contribution in [0.2, 0.25) is 0 Å². The van der Waals surface area contributed by atoms with E-state index in [-0.39, 0.29) is 29.7 Å². The van der Waals surface area contributed by atoms with Crippen molar-refractivity contribution >= 4 is 27.3 Å². The van der Waals surface area contributed by atoms with Crippen molar-refractivity contribution in [1.29, 1.82) is 0 Å². The van der Waals surface area contributed by atoms with Crippen molar-refractivity contribution in [2.75, 3.05) is 23.0 Å². The van der Waals surface area contributed by atoms with E-state index in [0.717, 1.165) is 30.7 Å². The smallest absolute Gasteiger partial charge is 0.232 e. The van der Waals surface area contributed by atoms with Gasteiger partial charge in [0.2, 0.25) is 15.9 Å². The van der Waals surface area contributed by atoms with Gasteiger partial charge in [-0.15, -0.1) is 0 Å². The predicted octanol–water partition coefficient (Wildman–Crippen LogP) is 2.94. The number of hydrogen-bond acceptors (Lipinski definition) is 4. The summed E-state index contributed by atoms with van der Waals surface area (Å²) < 4.78 is 44.5. The molecule has 1 saturated carbocycles. The summed E-state index contributed by atoms with van der Waals surface area (Å²) in [7, 11) is -1.99. The second-order valence-corrected chi connectivity index (χ2v) is 8.38. The maximum Gasteiger partial charge on any atom is 0.232 e. The molecule has 1 aliphatic carbocycles. The lowest BCUT2D eigenvalue weighted by atomic mass is 10.1. The van der Waals surface area contributed by atoms with Crippen LogP contribution in [0.25, 0.3) is 0 Å². The second kappa shape index (κ2) is 7.56. The Kier molecular flexibility index (Phi) is 5.36. The molecule has 3 rings (SSSR count). The van der Waals surface area contributed by atoms with E-state index in [4.69, 9.17) is 4.74 Å². The molecular formula is C19H21FN2O4S. The van der Waals surface area contributed by atoms with Crippen molar-refractivity contribution < 1.29 is 22.3 Å². The molecular weight excluding hydrogens is 371 g/mol. The zero-order chi connectivity index (χ0) is 19.6. The Balaban J connectivity index is 1.83. The van der Waals surface area contributed by atoms with Gasteiger partial charge in [-0.2, -0.15) is 0 Å². The first kappa shape index (κ1) is 19.2. The topological polar surface area (TPSA) is 75.7 Å². The lowest BCUT2D eigenvalue weighted by Crippen LogP contribution is -2.33. The number of nitrogens with zero attached hydrogens (tertiary/aromatic N) is 1. The number of halogens is 1. The molecule has 0 aliphatic heterocycles. The molecule has 0 bridgehead atoms. The Hall–Kier alpha value is -2.61. The highest BCUT2D eigenvalue weighted by molar-refractivity contribution is 7.92. The molecule has 1 N–H and O–H groups in total. The molecule has 144 valence electrons. The van der Waals surface area contributed by atoms with Crippen LogP contribution in [0.4, 0.5) is 15.8 Å².